The zero-order chi connectivity index (χ0) is 12.8. The van der Waals surface area contributed by atoms with Gasteiger partial charge >= 0.3 is 0 Å². The van der Waals surface area contributed by atoms with E-state index >= 15 is 0 Å². The van der Waals surface area contributed by atoms with Gasteiger partial charge in [-0.1, -0.05) is 31.5 Å². The zero-order valence-electron chi connectivity index (χ0n) is 10.7. The molecule has 1 saturated carbocycles. The van der Waals surface area contributed by atoms with Crippen molar-refractivity contribution < 1.29 is 4.79 Å². The third-order valence-corrected chi connectivity index (χ3v) is 3.78. The molecule has 0 aromatic heterocycles. The average Bonchev–Trinajstić information content (AvgIpc) is 2.28. The van der Waals surface area contributed by atoms with Crippen LogP contribution in [-0.4, -0.2) is 41.5 Å². The van der Waals surface area contributed by atoms with Crippen LogP contribution < -0.4 is 11.1 Å². The number of carbonyl (C=O) groups excluding carboxylic acids is 1. The van der Waals surface area contributed by atoms with Gasteiger partial charge in [0.1, 0.15) is 0 Å². The van der Waals surface area contributed by atoms with Gasteiger partial charge in [0.05, 0.1) is 17.6 Å². The Bertz CT molecular complexity index is 277. The number of hydrogen-bond acceptors (Lipinski definition) is 3. The van der Waals surface area contributed by atoms with Crippen molar-refractivity contribution in [2.75, 3.05) is 13.6 Å². The molecule has 5 heteroatoms. The van der Waals surface area contributed by atoms with Crippen molar-refractivity contribution in [2.45, 2.75) is 51.1 Å². The minimum absolute atomic E-state index is 0.0397. The molecule has 1 aliphatic rings. The molecule has 1 fully saturated rings. The first-order chi connectivity index (χ1) is 8.00. The Morgan fingerprint density at radius 3 is 2.59 bits per heavy atom. The summed E-state index contributed by atoms with van der Waals surface area (Å²) >= 11 is 4.91. The lowest BCUT2D eigenvalue weighted by atomic mass is 9.95. The van der Waals surface area contributed by atoms with Crippen LogP contribution in [0.1, 0.15) is 39.0 Å². The van der Waals surface area contributed by atoms with E-state index in [0.717, 1.165) is 12.8 Å². The van der Waals surface area contributed by atoms with Gasteiger partial charge in [-0.25, -0.2) is 0 Å². The summed E-state index contributed by atoms with van der Waals surface area (Å²) in [5.41, 5.74) is 5.55. The van der Waals surface area contributed by atoms with Crippen molar-refractivity contribution in [2.24, 2.45) is 5.73 Å². The molecule has 1 amide bonds. The van der Waals surface area contributed by atoms with Crippen LogP contribution >= 0.6 is 12.2 Å². The second-order valence-corrected chi connectivity index (χ2v) is 5.37. The SMILES string of the molecule is CC(C(N)=S)N(C)CC(=O)NC1CCCCC1. The second kappa shape index (κ2) is 6.91. The van der Waals surface area contributed by atoms with Crippen LogP contribution in [0.25, 0.3) is 0 Å². The fourth-order valence-corrected chi connectivity index (χ4v) is 2.28. The molecule has 1 unspecified atom stereocenters. The Morgan fingerprint density at radius 2 is 2.06 bits per heavy atom. The summed E-state index contributed by atoms with van der Waals surface area (Å²) in [5, 5.41) is 3.08. The molecule has 17 heavy (non-hydrogen) atoms. The lowest BCUT2D eigenvalue weighted by molar-refractivity contribution is -0.123. The fraction of sp³-hybridized carbons (Fsp3) is 0.833. The molecule has 0 bridgehead atoms. The van der Waals surface area contributed by atoms with E-state index < -0.39 is 0 Å². The highest BCUT2D eigenvalue weighted by molar-refractivity contribution is 7.80. The maximum Gasteiger partial charge on any atom is 0.234 e. The molecule has 0 heterocycles. The van der Waals surface area contributed by atoms with Crippen LogP contribution in [0.2, 0.25) is 0 Å². The molecule has 1 aliphatic carbocycles. The standard InChI is InChI=1S/C12H23N3OS/c1-9(12(13)17)15(2)8-11(16)14-10-6-4-3-5-7-10/h9-10H,3-8H2,1-2H3,(H2,13,17)(H,14,16). The van der Waals surface area contributed by atoms with Gasteiger partial charge in [-0.05, 0) is 26.8 Å². The minimum atomic E-state index is -0.0397. The minimum Gasteiger partial charge on any atom is -0.392 e. The maximum absolute atomic E-state index is 11.8. The zero-order valence-corrected chi connectivity index (χ0v) is 11.6. The van der Waals surface area contributed by atoms with Crippen LogP contribution in [0.4, 0.5) is 0 Å². The highest BCUT2D eigenvalue weighted by Gasteiger charge is 2.19. The summed E-state index contributed by atoms with van der Waals surface area (Å²) in [6.07, 6.45) is 5.97. The van der Waals surface area contributed by atoms with E-state index in [9.17, 15) is 4.79 Å². The third-order valence-electron chi connectivity index (χ3n) is 3.44. The summed E-state index contributed by atoms with van der Waals surface area (Å²) < 4.78 is 0. The molecular formula is C12H23N3OS. The van der Waals surface area contributed by atoms with Crippen LogP contribution in [-0.2, 0) is 4.79 Å². The van der Waals surface area contributed by atoms with E-state index in [1.807, 2.05) is 18.9 Å². The van der Waals surface area contributed by atoms with Gasteiger partial charge in [-0.15, -0.1) is 0 Å². The van der Waals surface area contributed by atoms with Crippen LogP contribution in [0.15, 0.2) is 0 Å². The van der Waals surface area contributed by atoms with Gasteiger partial charge in [0.25, 0.3) is 0 Å². The lowest BCUT2D eigenvalue weighted by Gasteiger charge is -2.26. The van der Waals surface area contributed by atoms with Gasteiger partial charge in [0.15, 0.2) is 0 Å². The first-order valence-electron chi connectivity index (χ1n) is 6.29. The van der Waals surface area contributed by atoms with Crippen LogP contribution in [0.3, 0.4) is 0 Å². The van der Waals surface area contributed by atoms with Gasteiger partial charge in [-0.3, -0.25) is 9.69 Å². The number of nitrogens with one attached hydrogen (secondary N) is 1. The van der Waals surface area contributed by atoms with Gasteiger partial charge in [-0.2, -0.15) is 0 Å². The molecule has 0 radical (unpaired) electrons. The predicted molar refractivity (Wildman–Crippen MR) is 73.9 cm³/mol. The molecule has 1 rings (SSSR count). The molecule has 0 aromatic rings. The van der Waals surface area contributed by atoms with Gasteiger partial charge in [0, 0.05) is 6.04 Å². The number of thiocarbonyl (C=S) groups is 1. The fourth-order valence-electron chi connectivity index (χ4n) is 2.10. The molecule has 1 atom stereocenters. The van der Waals surface area contributed by atoms with Crippen LogP contribution in [0, 0.1) is 0 Å². The van der Waals surface area contributed by atoms with Crippen molar-refractivity contribution in [3.05, 3.63) is 0 Å². The van der Waals surface area contributed by atoms with Crippen molar-refractivity contribution in [1.29, 1.82) is 0 Å². The van der Waals surface area contributed by atoms with E-state index in [1.165, 1.54) is 19.3 Å². The number of nitrogens with zero attached hydrogens (tertiary/aromatic N) is 1. The molecule has 98 valence electrons. The second-order valence-electron chi connectivity index (χ2n) is 4.90. The van der Waals surface area contributed by atoms with Crippen molar-refractivity contribution >= 4 is 23.1 Å². The summed E-state index contributed by atoms with van der Waals surface area (Å²) in [6.45, 7) is 2.27. The Kier molecular flexibility index (Phi) is 5.85. The highest BCUT2D eigenvalue weighted by Crippen LogP contribution is 2.17. The molecule has 3 N–H and O–H groups in total. The van der Waals surface area contributed by atoms with E-state index in [0.29, 0.717) is 17.6 Å². The summed E-state index contributed by atoms with van der Waals surface area (Å²) in [4.78, 5) is 14.1. The largest absolute Gasteiger partial charge is 0.392 e. The Morgan fingerprint density at radius 1 is 1.47 bits per heavy atom. The first kappa shape index (κ1) is 14.4. The number of rotatable bonds is 5. The van der Waals surface area contributed by atoms with E-state index in [1.54, 1.807) is 0 Å². The molecule has 0 aliphatic heterocycles. The monoisotopic (exact) mass is 257 g/mol. The number of hydrogen-bond donors (Lipinski definition) is 2. The van der Waals surface area contributed by atoms with Gasteiger partial charge in [0.2, 0.25) is 5.91 Å². The number of likely N-dealkylation sites (N-methyl/N-ethyl adjacent to an activating group) is 1. The quantitative estimate of drug-likeness (QED) is 0.723. The average molecular weight is 257 g/mol. The van der Waals surface area contributed by atoms with Crippen molar-refractivity contribution in [3.63, 3.8) is 0 Å². The van der Waals surface area contributed by atoms with E-state index in [2.05, 4.69) is 5.32 Å². The third kappa shape index (κ3) is 5.00. The Balaban J connectivity index is 2.30. The maximum atomic E-state index is 11.8. The smallest absolute Gasteiger partial charge is 0.234 e. The summed E-state index contributed by atoms with van der Waals surface area (Å²) in [7, 11) is 1.87. The number of nitrogens with two attached hydrogens (primary N) is 1. The van der Waals surface area contributed by atoms with E-state index in [4.69, 9.17) is 18.0 Å². The molecule has 0 saturated heterocycles. The molecule has 0 aromatic carbocycles. The topological polar surface area (TPSA) is 58.4 Å². The normalized spacial score (nSPS) is 19.0. The molecule has 0 spiro atoms. The first-order valence-corrected chi connectivity index (χ1v) is 6.70. The number of carbonyl (C=O) groups is 1. The Labute approximate surface area is 109 Å². The molecular weight excluding hydrogens is 234 g/mol. The summed E-state index contributed by atoms with van der Waals surface area (Å²) in [5.74, 6) is 0.0718. The van der Waals surface area contributed by atoms with Gasteiger partial charge < -0.3 is 11.1 Å². The van der Waals surface area contributed by atoms with E-state index in [-0.39, 0.29) is 11.9 Å². The number of amides is 1. The predicted octanol–water partition coefficient (Wildman–Crippen LogP) is 1.04. The Hall–Kier alpha value is -0.680. The van der Waals surface area contributed by atoms with Crippen molar-refractivity contribution in [1.82, 2.24) is 10.2 Å². The highest BCUT2D eigenvalue weighted by atomic mass is 32.1. The van der Waals surface area contributed by atoms with Crippen LogP contribution in [0.5, 0.6) is 0 Å². The summed E-state index contributed by atoms with van der Waals surface area (Å²) in [6, 6.07) is 0.326. The lowest BCUT2D eigenvalue weighted by Crippen LogP contribution is -2.47. The molecule has 4 nitrogen and oxygen atoms in total. The van der Waals surface area contributed by atoms with Crippen molar-refractivity contribution in [3.8, 4) is 0 Å².